The van der Waals surface area contributed by atoms with E-state index in [0.29, 0.717) is 5.75 Å². The minimum atomic E-state index is -1.59. The monoisotopic (exact) mass is 438 g/mol. The van der Waals surface area contributed by atoms with Crippen LogP contribution in [0.2, 0.25) is 0 Å². The van der Waals surface area contributed by atoms with Gasteiger partial charge in [-0.25, -0.2) is 9.59 Å². The van der Waals surface area contributed by atoms with Crippen LogP contribution >= 0.6 is 0 Å². The Morgan fingerprint density at radius 3 is 2.34 bits per heavy atom. The first-order valence-corrected chi connectivity index (χ1v) is 9.54. The van der Waals surface area contributed by atoms with Crippen molar-refractivity contribution < 1.29 is 29.3 Å². The number of hydrogen-bond acceptors (Lipinski definition) is 6. The number of H-pyrrole nitrogens is 1. The molecule has 166 valence electrons. The summed E-state index contributed by atoms with van der Waals surface area (Å²) < 4.78 is 11.3. The van der Waals surface area contributed by atoms with Gasteiger partial charge in [0.05, 0.1) is 7.11 Å². The summed E-state index contributed by atoms with van der Waals surface area (Å²) in [6.45, 7) is 4.26. The van der Waals surface area contributed by atoms with Gasteiger partial charge in [-0.05, 0) is 48.2 Å². The lowest BCUT2D eigenvalue weighted by atomic mass is 9.95. The predicted molar refractivity (Wildman–Crippen MR) is 118 cm³/mol. The average molecular weight is 438 g/mol. The van der Waals surface area contributed by atoms with Crippen LogP contribution in [0.15, 0.2) is 41.2 Å². The summed E-state index contributed by atoms with van der Waals surface area (Å²) in [7, 11) is 1.40. The number of aromatic amines is 1. The highest BCUT2D eigenvalue weighted by Crippen LogP contribution is 2.36. The van der Waals surface area contributed by atoms with E-state index in [1.54, 1.807) is 0 Å². The number of benzene rings is 2. The minimum Gasteiger partial charge on any atom is -0.493 e. The first-order valence-electron chi connectivity index (χ1n) is 9.54. The molecule has 0 aliphatic carbocycles. The number of aromatic carboxylic acids is 2. The Bertz CT molecular complexity index is 1280. The second kappa shape index (κ2) is 8.84. The summed E-state index contributed by atoms with van der Waals surface area (Å²) >= 11 is 0. The number of carboxylic acid groups (broad SMARTS) is 2. The molecule has 0 bridgehead atoms. The number of hydrogen-bond donors (Lipinski definition) is 4. The first-order chi connectivity index (χ1) is 15.1. The van der Waals surface area contributed by atoms with Gasteiger partial charge in [-0.1, -0.05) is 24.3 Å². The maximum atomic E-state index is 12.2. The lowest BCUT2D eigenvalue weighted by Gasteiger charge is -2.16. The lowest BCUT2D eigenvalue weighted by Crippen LogP contribution is -2.24. The van der Waals surface area contributed by atoms with Crippen molar-refractivity contribution in [3.63, 3.8) is 0 Å². The Kier molecular flexibility index (Phi) is 6.20. The minimum absolute atomic E-state index is 0.133. The molecule has 0 atom stereocenters. The van der Waals surface area contributed by atoms with E-state index in [1.807, 2.05) is 32.0 Å². The molecule has 0 spiro atoms. The molecule has 32 heavy (non-hydrogen) atoms. The predicted octanol–water partition coefficient (Wildman–Crippen LogP) is 3.22. The van der Waals surface area contributed by atoms with Gasteiger partial charge in [0.15, 0.2) is 11.5 Å². The fraction of sp³-hybridized carbons (Fsp3) is 0.174. The Balaban J connectivity index is 2.10. The molecule has 0 saturated heterocycles. The van der Waals surface area contributed by atoms with Gasteiger partial charge in [-0.3, -0.25) is 4.79 Å². The normalized spacial score (nSPS) is 10.6. The number of carbonyl (C=O) groups is 2. The van der Waals surface area contributed by atoms with Crippen molar-refractivity contribution >= 4 is 17.8 Å². The van der Waals surface area contributed by atoms with Crippen LogP contribution in [0.4, 0.5) is 5.82 Å². The zero-order chi connectivity index (χ0) is 23.6. The second-order valence-electron chi connectivity index (χ2n) is 7.12. The van der Waals surface area contributed by atoms with Gasteiger partial charge in [0.25, 0.3) is 5.56 Å². The van der Waals surface area contributed by atoms with Crippen LogP contribution in [0.5, 0.6) is 11.5 Å². The maximum absolute atomic E-state index is 12.2. The second-order valence-corrected chi connectivity index (χ2v) is 7.12. The Hall–Kier alpha value is -4.27. The van der Waals surface area contributed by atoms with Crippen LogP contribution < -0.4 is 20.8 Å². The van der Waals surface area contributed by atoms with Crippen LogP contribution in [-0.4, -0.2) is 34.2 Å². The third-order valence-electron chi connectivity index (χ3n) is 5.22. The molecule has 3 aromatic rings. The van der Waals surface area contributed by atoms with Crippen molar-refractivity contribution in [2.75, 3.05) is 12.8 Å². The number of rotatable bonds is 7. The van der Waals surface area contributed by atoms with Gasteiger partial charge < -0.3 is 30.4 Å². The standard InChI is InChI=1S/C23H22N2O7/c1-11-5-4-6-14(12(11)2)10-32-15-8-7-13(9-16(15)31-3)17-18(22(27)28)20(24)25-21(26)19(17)23(29)30/h4-9H,10H2,1-3H3,(H,27,28)(H,29,30)(H3,24,25,26). The van der Waals surface area contributed by atoms with Crippen molar-refractivity contribution in [1.29, 1.82) is 0 Å². The summed E-state index contributed by atoms with van der Waals surface area (Å²) in [5.74, 6) is -2.91. The van der Waals surface area contributed by atoms with Crippen LogP contribution in [-0.2, 0) is 6.61 Å². The van der Waals surface area contributed by atoms with E-state index in [0.717, 1.165) is 16.7 Å². The number of ether oxygens (including phenoxy) is 2. The van der Waals surface area contributed by atoms with Crippen LogP contribution in [0.1, 0.15) is 37.4 Å². The molecule has 1 heterocycles. The summed E-state index contributed by atoms with van der Waals surface area (Å²) in [4.78, 5) is 37.8. The molecule has 0 aliphatic rings. The molecule has 0 radical (unpaired) electrons. The van der Waals surface area contributed by atoms with Crippen LogP contribution in [0.3, 0.4) is 0 Å². The van der Waals surface area contributed by atoms with E-state index in [9.17, 15) is 24.6 Å². The van der Waals surface area contributed by atoms with E-state index in [2.05, 4.69) is 4.98 Å². The fourth-order valence-corrected chi connectivity index (χ4v) is 3.40. The highest BCUT2D eigenvalue weighted by Gasteiger charge is 2.27. The summed E-state index contributed by atoms with van der Waals surface area (Å²) in [5.41, 5.74) is 6.45. The van der Waals surface area contributed by atoms with E-state index in [4.69, 9.17) is 15.2 Å². The summed E-state index contributed by atoms with van der Waals surface area (Å²) in [5, 5.41) is 19.1. The number of nitrogen functional groups attached to an aromatic ring is 1. The molecule has 3 rings (SSSR count). The number of nitrogens with one attached hydrogen (secondary N) is 1. The number of anilines is 1. The zero-order valence-corrected chi connectivity index (χ0v) is 17.7. The van der Waals surface area contributed by atoms with Gasteiger partial charge in [0, 0.05) is 5.56 Å². The molecular formula is C23H22N2O7. The molecule has 5 N–H and O–H groups in total. The van der Waals surface area contributed by atoms with Crippen molar-refractivity contribution in [3.8, 4) is 22.6 Å². The van der Waals surface area contributed by atoms with Crippen molar-refractivity contribution in [1.82, 2.24) is 4.98 Å². The topological polar surface area (TPSA) is 152 Å². The Labute approximate surface area is 183 Å². The molecule has 0 aliphatic heterocycles. The summed E-state index contributed by atoms with van der Waals surface area (Å²) in [6.07, 6.45) is 0. The number of aromatic nitrogens is 1. The number of aryl methyl sites for hydroxylation is 1. The zero-order valence-electron chi connectivity index (χ0n) is 17.7. The third kappa shape index (κ3) is 4.13. The molecule has 1 aromatic heterocycles. The summed E-state index contributed by atoms with van der Waals surface area (Å²) in [6, 6.07) is 10.3. The van der Waals surface area contributed by atoms with Gasteiger partial charge in [-0.15, -0.1) is 0 Å². The molecular weight excluding hydrogens is 416 g/mol. The van der Waals surface area contributed by atoms with E-state index in [-0.39, 0.29) is 23.5 Å². The van der Waals surface area contributed by atoms with Crippen molar-refractivity contribution in [2.45, 2.75) is 20.5 Å². The average Bonchev–Trinajstić information content (AvgIpc) is 2.73. The molecule has 0 amide bonds. The molecule has 0 saturated carbocycles. The number of pyridine rings is 1. The molecule has 9 heteroatoms. The number of carboxylic acids is 2. The molecule has 2 aromatic carbocycles. The molecule has 0 fully saturated rings. The largest absolute Gasteiger partial charge is 0.493 e. The number of methoxy groups -OCH3 is 1. The van der Waals surface area contributed by atoms with E-state index >= 15 is 0 Å². The van der Waals surface area contributed by atoms with E-state index in [1.165, 1.54) is 25.3 Å². The Morgan fingerprint density at radius 2 is 1.72 bits per heavy atom. The van der Waals surface area contributed by atoms with E-state index < -0.39 is 34.4 Å². The van der Waals surface area contributed by atoms with Crippen molar-refractivity contribution in [2.24, 2.45) is 0 Å². The number of nitrogens with two attached hydrogens (primary N) is 1. The van der Waals surface area contributed by atoms with Gasteiger partial charge >= 0.3 is 11.9 Å². The van der Waals surface area contributed by atoms with Crippen molar-refractivity contribution in [3.05, 3.63) is 74.6 Å². The molecule has 9 nitrogen and oxygen atoms in total. The third-order valence-corrected chi connectivity index (χ3v) is 5.22. The Morgan fingerprint density at radius 1 is 1.03 bits per heavy atom. The maximum Gasteiger partial charge on any atom is 0.342 e. The SMILES string of the molecule is COc1cc(-c2c(C(=O)O)c(N)[nH]c(=O)c2C(=O)O)ccc1OCc1cccc(C)c1C. The van der Waals surface area contributed by atoms with Crippen LogP contribution in [0.25, 0.3) is 11.1 Å². The lowest BCUT2D eigenvalue weighted by molar-refractivity contribution is 0.0695. The fourth-order valence-electron chi connectivity index (χ4n) is 3.40. The smallest absolute Gasteiger partial charge is 0.342 e. The van der Waals surface area contributed by atoms with Gasteiger partial charge in [0.1, 0.15) is 23.6 Å². The van der Waals surface area contributed by atoms with Gasteiger partial charge in [0.2, 0.25) is 0 Å². The first kappa shape index (κ1) is 22.4. The van der Waals surface area contributed by atoms with Gasteiger partial charge in [-0.2, -0.15) is 0 Å². The highest BCUT2D eigenvalue weighted by atomic mass is 16.5. The quantitative estimate of drug-likeness (QED) is 0.439. The highest BCUT2D eigenvalue weighted by molar-refractivity contribution is 6.07. The van der Waals surface area contributed by atoms with Crippen LogP contribution in [0, 0.1) is 13.8 Å². The molecule has 0 unspecified atom stereocenters.